The first-order valence-electron chi connectivity index (χ1n) is 6.29. The van der Waals surface area contributed by atoms with Crippen LogP contribution in [0.4, 0.5) is 0 Å². The Morgan fingerprint density at radius 3 is 2.64 bits per heavy atom. The molecule has 0 fully saturated rings. The average Bonchev–Trinajstić information content (AvgIpc) is 3.13. The SMILES string of the molecule is COc1ccc(-n2nc(C(=O)O)nc2-c2ccn(C)n2)cn1. The molecule has 3 rings (SSSR count). The number of pyridine rings is 1. The maximum absolute atomic E-state index is 11.1. The molecular weight excluding hydrogens is 288 g/mol. The molecule has 0 aliphatic carbocycles. The van der Waals surface area contributed by atoms with Gasteiger partial charge in [-0.15, -0.1) is 5.10 Å². The fourth-order valence-corrected chi connectivity index (χ4v) is 1.90. The van der Waals surface area contributed by atoms with Crippen molar-refractivity contribution in [2.75, 3.05) is 7.11 Å². The van der Waals surface area contributed by atoms with Crippen LogP contribution in [0.3, 0.4) is 0 Å². The molecule has 9 heteroatoms. The Kier molecular flexibility index (Phi) is 3.30. The van der Waals surface area contributed by atoms with Crippen molar-refractivity contribution in [3.05, 3.63) is 36.4 Å². The van der Waals surface area contributed by atoms with Crippen LogP contribution < -0.4 is 4.74 Å². The number of hydrogen-bond acceptors (Lipinski definition) is 6. The number of nitrogens with zero attached hydrogens (tertiary/aromatic N) is 6. The van der Waals surface area contributed by atoms with E-state index in [-0.39, 0.29) is 5.82 Å². The zero-order chi connectivity index (χ0) is 15.7. The van der Waals surface area contributed by atoms with Gasteiger partial charge in [0.05, 0.1) is 19.0 Å². The molecule has 0 saturated carbocycles. The normalized spacial score (nSPS) is 10.6. The molecule has 0 saturated heterocycles. The highest BCUT2D eigenvalue weighted by molar-refractivity contribution is 5.83. The summed E-state index contributed by atoms with van der Waals surface area (Å²) in [6, 6.07) is 5.08. The van der Waals surface area contributed by atoms with Crippen LogP contribution >= 0.6 is 0 Å². The molecule has 0 aliphatic rings. The van der Waals surface area contributed by atoms with Gasteiger partial charge in [-0.05, 0) is 12.1 Å². The van der Waals surface area contributed by atoms with Gasteiger partial charge in [0.2, 0.25) is 5.88 Å². The number of aromatic nitrogens is 6. The molecular formula is C13H12N6O3. The topological polar surface area (TPSA) is 108 Å². The van der Waals surface area contributed by atoms with Crippen LogP contribution in [0.5, 0.6) is 5.88 Å². The molecule has 1 N–H and O–H groups in total. The van der Waals surface area contributed by atoms with Gasteiger partial charge in [-0.25, -0.2) is 14.5 Å². The molecule has 0 aliphatic heterocycles. The number of carboxylic acid groups (broad SMARTS) is 1. The quantitative estimate of drug-likeness (QED) is 0.758. The van der Waals surface area contributed by atoms with Crippen molar-refractivity contribution in [3.63, 3.8) is 0 Å². The van der Waals surface area contributed by atoms with Crippen molar-refractivity contribution in [3.8, 4) is 23.1 Å². The van der Waals surface area contributed by atoms with Crippen LogP contribution in [0, 0.1) is 0 Å². The third-order valence-electron chi connectivity index (χ3n) is 2.92. The summed E-state index contributed by atoms with van der Waals surface area (Å²) in [6.07, 6.45) is 3.26. The van der Waals surface area contributed by atoms with E-state index in [9.17, 15) is 4.79 Å². The highest BCUT2D eigenvalue weighted by Gasteiger charge is 2.19. The van der Waals surface area contributed by atoms with E-state index in [0.717, 1.165) is 0 Å². The molecule has 0 amide bonds. The molecule has 3 aromatic rings. The third-order valence-corrected chi connectivity index (χ3v) is 2.92. The second-order valence-electron chi connectivity index (χ2n) is 4.41. The summed E-state index contributed by atoms with van der Waals surface area (Å²) in [4.78, 5) is 19.2. The molecule has 9 nitrogen and oxygen atoms in total. The maximum Gasteiger partial charge on any atom is 0.375 e. The summed E-state index contributed by atoms with van der Waals surface area (Å²) < 4.78 is 7.99. The number of aryl methyl sites for hydroxylation is 1. The number of ether oxygens (including phenoxy) is 1. The molecule has 3 heterocycles. The fraction of sp³-hybridized carbons (Fsp3) is 0.154. The Morgan fingerprint density at radius 1 is 1.27 bits per heavy atom. The number of hydrogen-bond donors (Lipinski definition) is 1. The van der Waals surface area contributed by atoms with Gasteiger partial charge < -0.3 is 9.84 Å². The lowest BCUT2D eigenvalue weighted by atomic mass is 10.3. The van der Waals surface area contributed by atoms with E-state index < -0.39 is 5.97 Å². The van der Waals surface area contributed by atoms with Gasteiger partial charge in [0.25, 0.3) is 5.82 Å². The van der Waals surface area contributed by atoms with Crippen LogP contribution in [0.2, 0.25) is 0 Å². The Morgan fingerprint density at radius 2 is 2.09 bits per heavy atom. The minimum Gasteiger partial charge on any atom is -0.481 e. The zero-order valence-electron chi connectivity index (χ0n) is 11.8. The van der Waals surface area contributed by atoms with Gasteiger partial charge >= 0.3 is 5.97 Å². The van der Waals surface area contributed by atoms with Crippen LogP contribution in [0.15, 0.2) is 30.6 Å². The molecule has 0 spiro atoms. The van der Waals surface area contributed by atoms with Crippen molar-refractivity contribution in [2.24, 2.45) is 7.05 Å². The average molecular weight is 300 g/mol. The zero-order valence-corrected chi connectivity index (χ0v) is 11.8. The summed E-state index contributed by atoms with van der Waals surface area (Å²) in [7, 11) is 3.27. The van der Waals surface area contributed by atoms with Crippen LogP contribution in [0.25, 0.3) is 17.2 Å². The summed E-state index contributed by atoms with van der Waals surface area (Å²) in [6.45, 7) is 0. The number of rotatable bonds is 4. The standard InChI is InChI=1S/C13H12N6O3/c1-18-6-5-9(16-18)12-15-11(13(20)21)17-19(12)8-3-4-10(22-2)14-7-8/h3-7H,1-2H3,(H,20,21). The van der Waals surface area contributed by atoms with Crippen molar-refractivity contribution in [1.29, 1.82) is 0 Å². The van der Waals surface area contributed by atoms with E-state index in [1.54, 1.807) is 36.1 Å². The molecule has 112 valence electrons. The highest BCUT2D eigenvalue weighted by Crippen LogP contribution is 2.20. The highest BCUT2D eigenvalue weighted by atomic mass is 16.5. The Balaban J connectivity index is 2.14. The first-order chi connectivity index (χ1) is 10.6. The summed E-state index contributed by atoms with van der Waals surface area (Å²) in [5, 5.41) is 17.3. The third kappa shape index (κ3) is 2.39. The molecule has 22 heavy (non-hydrogen) atoms. The first kappa shape index (κ1) is 13.7. The van der Waals surface area contributed by atoms with E-state index in [4.69, 9.17) is 9.84 Å². The van der Waals surface area contributed by atoms with E-state index in [0.29, 0.717) is 23.1 Å². The molecule has 0 bridgehead atoms. The van der Waals surface area contributed by atoms with Crippen molar-refractivity contribution in [2.45, 2.75) is 0 Å². The Bertz CT molecular complexity index is 821. The maximum atomic E-state index is 11.1. The monoisotopic (exact) mass is 300 g/mol. The molecule has 0 radical (unpaired) electrons. The van der Waals surface area contributed by atoms with Gasteiger partial charge in [-0.2, -0.15) is 10.1 Å². The number of aromatic carboxylic acids is 1. The second kappa shape index (κ2) is 5.28. The molecule has 0 unspecified atom stereocenters. The number of methoxy groups -OCH3 is 1. The van der Waals surface area contributed by atoms with Crippen LogP contribution in [0.1, 0.15) is 10.6 Å². The minimum atomic E-state index is -1.21. The molecule has 3 aromatic heterocycles. The van der Waals surface area contributed by atoms with Gasteiger partial charge in [-0.3, -0.25) is 4.68 Å². The van der Waals surface area contributed by atoms with Crippen molar-refractivity contribution in [1.82, 2.24) is 29.5 Å². The van der Waals surface area contributed by atoms with E-state index in [1.807, 2.05) is 0 Å². The van der Waals surface area contributed by atoms with Crippen LogP contribution in [-0.4, -0.2) is 47.7 Å². The summed E-state index contributed by atoms with van der Waals surface area (Å²) in [5.74, 6) is -0.749. The van der Waals surface area contributed by atoms with Gasteiger partial charge in [0, 0.05) is 19.3 Å². The van der Waals surface area contributed by atoms with Crippen molar-refractivity contribution < 1.29 is 14.6 Å². The first-order valence-corrected chi connectivity index (χ1v) is 6.29. The lowest BCUT2D eigenvalue weighted by Gasteiger charge is -2.04. The fourth-order valence-electron chi connectivity index (χ4n) is 1.90. The largest absolute Gasteiger partial charge is 0.481 e. The predicted molar refractivity (Wildman–Crippen MR) is 74.9 cm³/mol. The lowest BCUT2D eigenvalue weighted by molar-refractivity contribution is 0.0683. The van der Waals surface area contributed by atoms with Crippen LogP contribution in [-0.2, 0) is 7.05 Å². The van der Waals surface area contributed by atoms with Gasteiger partial charge in [0.1, 0.15) is 5.69 Å². The summed E-state index contributed by atoms with van der Waals surface area (Å²) in [5.41, 5.74) is 1.07. The number of carbonyl (C=O) groups is 1. The minimum absolute atomic E-state index is 0.309. The van der Waals surface area contributed by atoms with Gasteiger partial charge in [-0.1, -0.05) is 0 Å². The Hall–Kier alpha value is -3.23. The smallest absolute Gasteiger partial charge is 0.375 e. The lowest BCUT2D eigenvalue weighted by Crippen LogP contribution is -2.03. The van der Waals surface area contributed by atoms with Gasteiger partial charge in [0.15, 0.2) is 5.82 Å². The van der Waals surface area contributed by atoms with E-state index >= 15 is 0 Å². The van der Waals surface area contributed by atoms with Crippen molar-refractivity contribution >= 4 is 5.97 Å². The Labute approximate surface area is 124 Å². The summed E-state index contributed by atoms with van der Waals surface area (Å²) >= 11 is 0. The number of carboxylic acids is 1. The van der Waals surface area contributed by atoms with E-state index in [2.05, 4.69) is 20.2 Å². The predicted octanol–water partition coefficient (Wildman–Crippen LogP) is 0.770. The molecule has 0 aromatic carbocycles. The van der Waals surface area contributed by atoms with E-state index in [1.165, 1.54) is 18.0 Å². The molecule has 0 atom stereocenters. The second-order valence-corrected chi connectivity index (χ2v) is 4.41.